The molecule has 1 atom stereocenters. The van der Waals surface area contributed by atoms with E-state index in [2.05, 4.69) is 0 Å². The van der Waals surface area contributed by atoms with Crippen molar-refractivity contribution in [1.82, 2.24) is 0 Å². The Balaban J connectivity index is 2.74. The lowest BCUT2D eigenvalue weighted by atomic mass is 10.1. The van der Waals surface area contributed by atoms with Crippen LogP contribution in [-0.4, -0.2) is 23.0 Å². The van der Waals surface area contributed by atoms with Crippen molar-refractivity contribution in [1.29, 1.82) is 0 Å². The van der Waals surface area contributed by atoms with Gasteiger partial charge in [0.25, 0.3) is 0 Å². The van der Waals surface area contributed by atoms with E-state index < -0.39 is 41.1 Å². The summed E-state index contributed by atoms with van der Waals surface area (Å²) in [6, 6.07) is -0.428. The fraction of sp³-hybridized carbons (Fsp3) is 0.273. The molecule has 0 saturated heterocycles. The highest BCUT2D eigenvalue weighted by Gasteiger charge is 2.19. The van der Waals surface area contributed by atoms with Gasteiger partial charge in [-0.25, -0.2) is 13.2 Å². The van der Waals surface area contributed by atoms with Crippen LogP contribution in [0.1, 0.15) is 12.8 Å². The first-order valence-corrected chi connectivity index (χ1v) is 5.24. The Morgan fingerprint density at radius 2 is 1.79 bits per heavy atom. The van der Waals surface area contributed by atoms with Gasteiger partial charge in [0, 0.05) is 18.6 Å². The van der Waals surface area contributed by atoms with Gasteiger partial charge in [-0.2, -0.15) is 0 Å². The highest BCUT2D eigenvalue weighted by molar-refractivity contribution is 5.95. The lowest BCUT2D eigenvalue weighted by molar-refractivity contribution is -0.137. The number of rotatable bonds is 5. The number of amides is 1. The van der Waals surface area contributed by atoms with Gasteiger partial charge in [-0.1, -0.05) is 0 Å². The van der Waals surface area contributed by atoms with E-state index in [-0.39, 0.29) is 12.8 Å². The Hall–Kier alpha value is -2.09. The molecule has 0 bridgehead atoms. The van der Waals surface area contributed by atoms with Crippen molar-refractivity contribution in [3.05, 3.63) is 29.6 Å². The van der Waals surface area contributed by atoms with Crippen LogP contribution < -0.4 is 11.1 Å². The van der Waals surface area contributed by atoms with E-state index in [1.807, 2.05) is 5.32 Å². The molecule has 0 radical (unpaired) electrons. The van der Waals surface area contributed by atoms with Crippen LogP contribution in [0, 0.1) is 17.5 Å². The van der Waals surface area contributed by atoms with Gasteiger partial charge in [0.1, 0.15) is 11.5 Å². The molecule has 0 heterocycles. The van der Waals surface area contributed by atoms with Crippen molar-refractivity contribution in [2.45, 2.75) is 18.9 Å². The molecule has 1 rings (SSSR count). The summed E-state index contributed by atoms with van der Waals surface area (Å²) in [6.07, 6.45) is -0.547. The van der Waals surface area contributed by atoms with Gasteiger partial charge in [-0.3, -0.25) is 9.59 Å². The molecule has 5 nitrogen and oxygen atoms in total. The van der Waals surface area contributed by atoms with Crippen LogP contribution >= 0.6 is 0 Å². The predicted molar refractivity (Wildman–Crippen MR) is 59.8 cm³/mol. The highest BCUT2D eigenvalue weighted by Crippen LogP contribution is 2.20. The molecule has 0 saturated carbocycles. The average molecular weight is 276 g/mol. The smallest absolute Gasteiger partial charge is 0.303 e. The summed E-state index contributed by atoms with van der Waals surface area (Å²) in [7, 11) is 0. The largest absolute Gasteiger partial charge is 0.481 e. The number of halogens is 3. The lowest BCUT2D eigenvalue weighted by Crippen LogP contribution is -2.36. The number of anilines is 1. The second-order valence-electron chi connectivity index (χ2n) is 3.77. The number of nitrogens with one attached hydrogen (secondary N) is 1. The fourth-order valence-electron chi connectivity index (χ4n) is 1.29. The molecule has 0 spiro atoms. The van der Waals surface area contributed by atoms with Gasteiger partial charge >= 0.3 is 5.97 Å². The number of benzene rings is 1. The number of nitrogens with two attached hydrogens (primary N) is 1. The number of carboxylic acid groups (broad SMARTS) is 1. The number of aliphatic carboxylic acids is 1. The van der Waals surface area contributed by atoms with Gasteiger partial charge in [0.15, 0.2) is 11.6 Å². The van der Waals surface area contributed by atoms with E-state index in [4.69, 9.17) is 10.8 Å². The van der Waals surface area contributed by atoms with Crippen molar-refractivity contribution in [3.8, 4) is 0 Å². The first-order chi connectivity index (χ1) is 8.81. The molecule has 19 heavy (non-hydrogen) atoms. The monoisotopic (exact) mass is 276 g/mol. The minimum atomic E-state index is -1.28. The molecular formula is C11H11F3N2O3. The molecule has 0 fully saturated rings. The average Bonchev–Trinajstić information content (AvgIpc) is 2.30. The zero-order valence-corrected chi connectivity index (χ0v) is 9.62. The fourth-order valence-corrected chi connectivity index (χ4v) is 1.29. The first kappa shape index (κ1) is 15.0. The van der Waals surface area contributed by atoms with E-state index in [1.54, 1.807) is 0 Å². The van der Waals surface area contributed by atoms with Crippen molar-refractivity contribution in [3.63, 3.8) is 0 Å². The van der Waals surface area contributed by atoms with Gasteiger partial charge < -0.3 is 16.2 Å². The van der Waals surface area contributed by atoms with Gasteiger partial charge in [-0.15, -0.1) is 0 Å². The summed E-state index contributed by atoms with van der Waals surface area (Å²) in [5, 5.41) is 10.3. The summed E-state index contributed by atoms with van der Waals surface area (Å²) in [6.45, 7) is 0. The molecule has 0 aliphatic rings. The summed E-state index contributed by atoms with van der Waals surface area (Å²) >= 11 is 0. The topological polar surface area (TPSA) is 92.4 Å². The summed E-state index contributed by atoms with van der Waals surface area (Å²) in [4.78, 5) is 21.7. The SMILES string of the molecule is NC(CCC(=O)O)C(=O)Nc1c(F)cc(F)cc1F. The van der Waals surface area contributed by atoms with Crippen LogP contribution in [0.25, 0.3) is 0 Å². The first-order valence-electron chi connectivity index (χ1n) is 5.24. The van der Waals surface area contributed by atoms with Gasteiger partial charge in [0.05, 0.1) is 6.04 Å². The molecular weight excluding hydrogens is 265 g/mol. The van der Waals surface area contributed by atoms with Crippen molar-refractivity contribution in [2.24, 2.45) is 5.73 Å². The molecule has 0 aliphatic carbocycles. The van der Waals surface area contributed by atoms with Crippen LogP contribution in [0.2, 0.25) is 0 Å². The number of carbonyl (C=O) groups excluding carboxylic acids is 1. The second kappa shape index (κ2) is 6.19. The van der Waals surface area contributed by atoms with E-state index >= 15 is 0 Å². The molecule has 0 aromatic heterocycles. The molecule has 4 N–H and O–H groups in total. The Kier molecular flexibility index (Phi) is 4.87. The van der Waals surface area contributed by atoms with E-state index in [0.717, 1.165) is 0 Å². The zero-order chi connectivity index (χ0) is 14.6. The van der Waals surface area contributed by atoms with E-state index in [1.165, 1.54) is 0 Å². The van der Waals surface area contributed by atoms with E-state index in [0.29, 0.717) is 12.1 Å². The maximum Gasteiger partial charge on any atom is 0.303 e. The van der Waals surface area contributed by atoms with Crippen molar-refractivity contribution >= 4 is 17.6 Å². The highest BCUT2D eigenvalue weighted by atomic mass is 19.1. The van der Waals surface area contributed by atoms with Gasteiger partial charge in [-0.05, 0) is 6.42 Å². The molecule has 1 amide bonds. The third kappa shape index (κ3) is 4.25. The quantitative estimate of drug-likeness (QED) is 0.754. The van der Waals surface area contributed by atoms with Crippen LogP contribution in [-0.2, 0) is 9.59 Å². The third-order valence-corrected chi connectivity index (χ3v) is 2.26. The van der Waals surface area contributed by atoms with Crippen molar-refractivity contribution < 1.29 is 27.9 Å². The minimum absolute atomic E-state index is 0.189. The number of hydrogen-bond acceptors (Lipinski definition) is 3. The standard InChI is InChI=1S/C11H11F3N2O3/c12-5-3-6(13)10(7(14)4-5)16-11(19)8(15)1-2-9(17)18/h3-4,8H,1-2,15H2,(H,16,19)(H,17,18). The maximum absolute atomic E-state index is 13.2. The van der Waals surface area contributed by atoms with Gasteiger partial charge in [0.2, 0.25) is 5.91 Å². The molecule has 1 unspecified atom stereocenters. The lowest BCUT2D eigenvalue weighted by Gasteiger charge is -2.12. The number of hydrogen-bond donors (Lipinski definition) is 3. The normalized spacial score (nSPS) is 12.0. The predicted octanol–water partition coefficient (Wildman–Crippen LogP) is 1.23. The molecule has 8 heteroatoms. The molecule has 0 aliphatic heterocycles. The molecule has 1 aromatic carbocycles. The van der Waals surface area contributed by atoms with Crippen LogP contribution in [0.4, 0.5) is 18.9 Å². The Labute approximate surface area is 106 Å². The summed E-state index contributed by atoms with van der Waals surface area (Å²) in [5.74, 6) is -5.79. The summed E-state index contributed by atoms with van der Waals surface area (Å²) < 4.78 is 39.1. The maximum atomic E-state index is 13.2. The zero-order valence-electron chi connectivity index (χ0n) is 9.62. The number of carbonyl (C=O) groups is 2. The van der Waals surface area contributed by atoms with Crippen molar-refractivity contribution in [2.75, 3.05) is 5.32 Å². The molecule has 1 aromatic rings. The van der Waals surface area contributed by atoms with Crippen LogP contribution in [0.15, 0.2) is 12.1 Å². The van der Waals surface area contributed by atoms with Crippen LogP contribution in [0.5, 0.6) is 0 Å². The Morgan fingerprint density at radius 1 is 1.26 bits per heavy atom. The third-order valence-electron chi connectivity index (χ3n) is 2.26. The Morgan fingerprint density at radius 3 is 2.26 bits per heavy atom. The summed E-state index contributed by atoms with van der Waals surface area (Å²) in [5.41, 5.74) is 4.53. The van der Waals surface area contributed by atoms with Crippen LogP contribution in [0.3, 0.4) is 0 Å². The minimum Gasteiger partial charge on any atom is -0.481 e. The Bertz CT molecular complexity index is 485. The second-order valence-corrected chi connectivity index (χ2v) is 3.77. The van der Waals surface area contributed by atoms with E-state index in [9.17, 15) is 22.8 Å². The molecule has 104 valence electrons. The number of carboxylic acids is 1.